The number of benzene rings is 2. The molecule has 0 aromatic heterocycles. The molecule has 1 aliphatic rings. The topological polar surface area (TPSA) is 58.6 Å². The summed E-state index contributed by atoms with van der Waals surface area (Å²) in [5, 5.41) is 12.9. The van der Waals surface area contributed by atoms with E-state index in [-0.39, 0.29) is 11.7 Å². The number of aromatic hydroxyl groups is 1. The number of fused-ring (bicyclic) bond motifs is 1. The number of amides is 1. The Hall–Kier alpha value is -2.75. The van der Waals surface area contributed by atoms with Gasteiger partial charge in [0, 0.05) is 28.5 Å². The summed E-state index contributed by atoms with van der Waals surface area (Å²) in [6.07, 6.45) is 2.60. The van der Waals surface area contributed by atoms with Crippen molar-refractivity contribution in [2.75, 3.05) is 11.9 Å². The largest absolute Gasteiger partial charge is 0.507 e. The zero-order chi connectivity index (χ0) is 15.5. The minimum absolute atomic E-state index is 0.0956. The Morgan fingerprint density at radius 1 is 1.23 bits per heavy atom. The minimum Gasteiger partial charge on any atom is -0.507 e. The third-order valence-electron chi connectivity index (χ3n) is 3.48. The number of hydrogen-bond donors (Lipinski definition) is 2. The summed E-state index contributed by atoms with van der Waals surface area (Å²) in [6, 6.07) is 12.6. The average molecular weight is 295 g/mol. The lowest BCUT2D eigenvalue weighted by atomic mass is 10.0. The number of carbonyl (C=O) groups excluding carboxylic acids is 1. The summed E-state index contributed by atoms with van der Waals surface area (Å²) >= 11 is 0. The molecule has 2 aromatic rings. The Bertz CT molecular complexity index is 750. The Labute approximate surface area is 129 Å². The number of hydrogen-bond acceptors (Lipinski definition) is 3. The Balaban J connectivity index is 1.94. The van der Waals surface area contributed by atoms with Gasteiger partial charge >= 0.3 is 0 Å². The number of phenols is 1. The monoisotopic (exact) mass is 295 g/mol. The molecule has 0 aliphatic carbocycles. The van der Waals surface area contributed by atoms with Gasteiger partial charge in [-0.25, -0.2) is 0 Å². The molecule has 1 amide bonds. The molecular formula is C18H17NO3. The molecule has 1 heterocycles. The second-order valence-corrected chi connectivity index (χ2v) is 5.13. The number of nitrogens with one attached hydrogen (secondary N) is 1. The molecule has 0 unspecified atom stereocenters. The highest BCUT2D eigenvalue weighted by Gasteiger charge is 2.23. The van der Waals surface area contributed by atoms with Crippen LogP contribution in [0.5, 0.6) is 11.5 Å². The quantitative estimate of drug-likeness (QED) is 0.846. The maximum atomic E-state index is 12.1. The van der Waals surface area contributed by atoms with Gasteiger partial charge in [0.25, 0.3) is 5.91 Å². The molecular weight excluding hydrogens is 278 g/mol. The van der Waals surface area contributed by atoms with Crippen LogP contribution in [0.1, 0.15) is 24.5 Å². The number of rotatable bonds is 4. The summed E-state index contributed by atoms with van der Waals surface area (Å²) in [4.78, 5) is 12.1. The lowest BCUT2D eigenvalue weighted by molar-refractivity contribution is -0.110. The molecule has 22 heavy (non-hydrogen) atoms. The molecule has 0 saturated heterocycles. The van der Waals surface area contributed by atoms with Gasteiger partial charge in [0.05, 0.1) is 6.61 Å². The van der Waals surface area contributed by atoms with E-state index >= 15 is 0 Å². The third kappa shape index (κ3) is 2.68. The van der Waals surface area contributed by atoms with Gasteiger partial charge in [-0.1, -0.05) is 25.1 Å². The molecule has 2 aromatic carbocycles. The van der Waals surface area contributed by atoms with Crippen molar-refractivity contribution in [3.05, 3.63) is 53.6 Å². The lowest BCUT2D eigenvalue weighted by Crippen LogP contribution is -2.03. The highest BCUT2D eigenvalue weighted by molar-refractivity contribution is 6.35. The summed E-state index contributed by atoms with van der Waals surface area (Å²) in [7, 11) is 0. The van der Waals surface area contributed by atoms with Gasteiger partial charge in [-0.2, -0.15) is 0 Å². The van der Waals surface area contributed by atoms with Crippen molar-refractivity contribution in [2.45, 2.75) is 13.3 Å². The van der Waals surface area contributed by atoms with Gasteiger partial charge in [-0.15, -0.1) is 0 Å². The summed E-state index contributed by atoms with van der Waals surface area (Å²) < 4.78 is 5.48. The van der Waals surface area contributed by atoms with Crippen LogP contribution in [0.15, 0.2) is 42.5 Å². The van der Waals surface area contributed by atoms with Crippen LogP contribution in [0.4, 0.5) is 5.69 Å². The first-order chi connectivity index (χ1) is 10.7. The zero-order valence-corrected chi connectivity index (χ0v) is 12.3. The Morgan fingerprint density at radius 2 is 2.05 bits per heavy atom. The smallest absolute Gasteiger partial charge is 0.256 e. The van der Waals surface area contributed by atoms with Crippen molar-refractivity contribution in [3.63, 3.8) is 0 Å². The molecule has 0 saturated carbocycles. The Morgan fingerprint density at radius 3 is 2.82 bits per heavy atom. The van der Waals surface area contributed by atoms with E-state index in [2.05, 4.69) is 5.32 Å². The van der Waals surface area contributed by atoms with Gasteiger partial charge in [0.1, 0.15) is 11.5 Å². The molecule has 4 nitrogen and oxygen atoms in total. The molecule has 0 atom stereocenters. The van der Waals surface area contributed by atoms with Crippen molar-refractivity contribution in [3.8, 4) is 11.5 Å². The number of anilines is 1. The molecule has 0 radical (unpaired) electrons. The van der Waals surface area contributed by atoms with Crippen LogP contribution in [0.3, 0.4) is 0 Å². The fourth-order valence-corrected chi connectivity index (χ4v) is 2.39. The maximum absolute atomic E-state index is 12.1. The van der Waals surface area contributed by atoms with Crippen LogP contribution >= 0.6 is 0 Å². The van der Waals surface area contributed by atoms with Gasteiger partial charge in [0.15, 0.2) is 0 Å². The average Bonchev–Trinajstić information content (AvgIpc) is 2.83. The number of phenolic OH excluding ortho intramolecular Hbond substituents is 1. The van der Waals surface area contributed by atoms with Crippen LogP contribution in [-0.4, -0.2) is 17.6 Å². The van der Waals surface area contributed by atoms with E-state index in [1.54, 1.807) is 24.3 Å². The first-order valence-corrected chi connectivity index (χ1v) is 7.27. The second-order valence-electron chi connectivity index (χ2n) is 5.13. The van der Waals surface area contributed by atoms with Crippen LogP contribution in [0.2, 0.25) is 0 Å². The normalized spacial score (nSPS) is 14.8. The molecule has 0 bridgehead atoms. The van der Waals surface area contributed by atoms with E-state index in [4.69, 9.17) is 4.74 Å². The third-order valence-corrected chi connectivity index (χ3v) is 3.48. The van der Waals surface area contributed by atoms with Crippen molar-refractivity contribution < 1.29 is 14.6 Å². The number of carbonyl (C=O) groups is 1. The summed E-state index contributed by atoms with van der Waals surface area (Å²) in [5.74, 6) is 0.558. The molecule has 1 aliphatic heterocycles. The van der Waals surface area contributed by atoms with Crippen LogP contribution in [0, 0.1) is 0 Å². The highest BCUT2D eigenvalue weighted by atomic mass is 16.5. The highest BCUT2D eigenvalue weighted by Crippen LogP contribution is 2.34. The fourth-order valence-electron chi connectivity index (χ4n) is 2.39. The predicted octanol–water partition coefficient (Wildman–Crippen LogP) is 3.67. The van der Waals surface area contributed by atoms with Gasteiger partial charge < -0.3 is 15.2 Å². The molecule has 2 N–H and O–H groups in total. The van der Waals surface area contributed by atoms with E-state index < -0.39 is 0 Å². The van der Waals surface area contributed by atoms with Gasteiger partial charge in [-0.3, -0.25) is 4.79 Å². The van der Waals surface area contributed by atoms with E-state index in [1.807, 2.05) is 31.2 Å². The van der Waals surface area contributed by atoms with Crippen molar-refractivity contribution in [1.82, 2.24) is 0 Å². The standard InChI is InChI=1S/C18H17NO3/c1-2-9-22-13-8-7-12(17(20)11-13)10-15-14-5-3-4-6-16(14)19-18(15)21/h3-8,10-11,20H,2,9H2,1H3,(H,19,21)/b15-10-. The minimum atomic E-state index is -0.160. The van der Waals surface area contributed by atoms with E-state index in [1.165, 1.54) is 0 Å². The SMILES string of the molecule is CCCOc1ccc(/C=C2\C(=O)Nc3ccccc32)c(O)c1. The van der Waals surface area contributed by atoms with E-state index in [9.17, 15) is 9.90 Å². The molecule has 4 heteroatoms. The summed E-state index contributed by atoms with van der Waals surface area (Å²) in [6.45, 7) is 2.63. The number of ether oxygens (including phenoxy) is 1. The molecule has 3 rings (SSSR count). The fraction of sp³-hybridized carbons (Fsp3) is 0.167. The molecule has 0 spiro atoms. The van der Waals surface area contributed by atoms with Gasteiger partial charge in [0.2, 0.25) is 0 Å². The van der Waals surface area contributed by atoms with Crippen LogP contribution in [-0.2, 0) is 4.79 Å². The molecule has 112 valence electrons. The Kier molecular flexibility index (Phi) is 3.83. The molecule has 0 fully saturated rings. The van der Waals surface area contributed by atoms with Gasteiger partial charge in [-0.05, 0) is 30.7 Å². The zero-order valence-electron chi connectivity index (χ0n) is 12.3. The predicted molar refractivity (Wildman–Crippen MR) is 86.8 cm³/mol. The lowest BCUT2D eigenvalue weighted by Gasteiger charge is -2.07. The summed E-state index contributed by atoms with van der Waals surface area (Å²) in [5.41, 5.74) is 2.78. The van der Waals surface area contributed by atoms with Crippen molar-refractivity contribution in [1.29, 1.82) is 0 Å². The van der Waals surface area contributed by atoms with Crippen LogP contribution < -0.4 is 10.1 Å². The van der Waals surface area contributed by atoms with Crippen molar-refractivity contribution >= 4 is 23.2 Å². The van der Waals surface area contributed by atoms with E-state index in [0.717, 1.165) is 17.7 Å². The first-order valence-electron chi connectivity index (χ1n) is 7.27. The van der Waals surface area contributed by atoms with Crippen molar-refractivity contribution in [2.24, 2.45) is 0 Å². The second kappa shape index (κ2) is 5.93. The van der Waals surface area contributed by atoms with E-state index in [0.29, 0.717) is 23.5 Å². The first kappa shape index (κ1) is 14.2. The number of para-hydroxylation sites is 1. The van der Waals surface area contributed by atoms with Crippen LogP contribution in [0.25, 0.3) is 11.6 Å². The maximum Gasteiger partial charge on any atom is 0.256 e.